The third kappa shape index (κ3) is 4.74. The molecule has 9 heteroatoms. The van der Waals surface area contributed by atoms with E-state index in [9.17, 15) is 19.3 Å². The van der Waals surface area contributed by atoms with Gasteiger partial charge >= 0.3 is 5.69 Å². The molecule has 0 bridgehead atoms. The minimum absolute atomic E-state index is 0.0469. The van der Waals surface area contributed by atoms with Crippen LogP contribution in [0.2, 0.25) is 0 Å². The zero-order chi connectivity index (χ0) is 20.1. The smallest absolute Gasteiger partial charge is 0.305 e. The van der Waals surface area contributed by atoms with Gasteiger partial charge in [-0.05, 0) is 25.2 Å². The molecule has 2 aromatic carbocycles. The number of ether oxygens (including phenoxy) is 1. The maximum Gasteiger partial charge on any atom is 0.305 e. The van der Waals surface area contributed by atoms with E-state index in [4.69, 9.17) is 4.74 Å². The maximum absolute atomic E-state index is 13.6. The van der Waals surface area contributed by atoms with Gasteiger partial charge in [0.1, 0.15) is 5.75 Å². The summed E-state index contributed by atoms with van der Waals surface area (Å²) >= 11 is 0. The zero-order valence-electron chi connectivity index (χ0n) is 15.4. The van der Waals surface area contributed by atoms with Gasteiger partial charge in [-0.15, -0.1) is 0 Å². The quantitative estimate of drug-likeness (QED) is 0.604. The van der Waals surface area contributed by atoms with Crippen LogP contribution < -0.4 is 15.0 Å². The van der Waals surface area contributed by atoms with E-state index in [1.807, 2.05) is 24.3 Å². The molecular formula is C19H21FN4O4. The zero-order valence-corrected chi connectivity index (χ0v) is 15.4. The minimum Gasteiger partial charge on any atom is -0.484 e. The second-order valence-electron chi connectivity index (χ2n) is 6.51. The minimum atomic E-state index is -1.01. The normalized spacial score (nSPS) is 14.6. The highest BCUT2D eigenvalue weighted by atomic mass is 19.1. The van der Waals surface area contributed by atoms with Crippen LogP contribution in [0, 0.1) is 15.9 Å². The molecule has 8 nitrogen and oxygen atoms in total. The molecule has 148 valence electrons. The van der Waals surface area contributed by atoms with Crippen molar-refractivity contribution < 1.29 is 18.8 Å². The number of para-hydroxylation sites is 2. The SMILES string of the molecule is CN1CCN(c2ccccc2NC(=O)COc2ccc([N+](=O)[O-])c(F)c2)CC1. The predicted octanol–water partition coefficient (Wildman–Crippen LogP) is 2.50. The number of halogens is 1. The van der Waals surface area contributed by atoms with Gasteiger partial charge in [-0.1, -0.05) is 12.1 Å². The number of hydrogen-bond acceptors (Lipinski definition) is 6. The number of carbonyl (C=O) groups excluding carboxylic acids is 1. The second kappa shape index (κ2) is 8.66. The fourth-order valence-electron chi connectivity index (χ4n) is 2.96. The molecule has 1 aliphatic heterocycles. The number of carbonyl (C=O) groups is 1. The summed E-state index contributed by atoms with van der Waals surface area (Å²) in [5.41, 5.74) is 0.971. The molecule has 1 N–H and O–H groups in total. The van der Waals surface area contributed by atoms with E-state index in [1.54, 1.807) is 0 Å². The molecule has 0 aromatic heterocycles. The number of nitrogens with one attached hydrogen (secondary N) is 1. The Hall–Kier alpha value is -3.20. The predicted molar refractivity (Wildman–Crippen MR) is 103 cm³/mol. The molecule has 0 spiro atoms. The van der Waals surface area contributed by atoms with E-state index < -0.39 is 22.3 Å². The number of likely N-dealkylation sites (N-methyl/N-ethyl adjacent to an activating group) is 1. The van der Waals surface area contributed by atoms with E-state index in [-0.39, 0.29) is 12.4 Å². The summed E-state index contributed by atoms with van der Waals surface area (Å²) in [5, 5.41) is 13.4. The first-order chi connectivity index (χ1) is 13.4. The average molecular weight is 388 g/mol. The van der Waals surface area contributed by atoms with Crippen molar-refractivity contribution >= 4 is 23.0 Å². The molecule has 1 saturated heterocycles. The van der Waals surface area contributed by atoms with Gasteiger partial charge in [0.25, 0.3) is 5.91 Å². The van der Waals surface area contributed by atoms with Crippen molar-refractivity contribution in [3.8, 4) is 5.75 Å². The molecule has 3 rings (SSSR count). The van der Waals surface area contributed by atoms with Gasteiger partial charge in [0.15, 0.2) is 6.61 Å². The number of rotatable bonds is 6. The van der Waals surface area contributed by atoms with Crippen LogP contribution in [-0.2, 0) is 4.79 Å². The fraction of sp³-hybridized carbons (Fsp3) is 0.316. The lowest BCUT2D eigenvalue weighted by atomic mass is 10.2. The number of hydrogen-bond donors (Lipinski definition) is 1. The Balaban J connectivity index is 1.61. The first-order valence-electron chi connectivity index (χ1n) is 8.83. The Morgan fingerprint density at radius 1 is 1.21 bits per heavy atom. The number of nitro benzene ring substituents is 1. The Kier molecular flexibility index (Phi) is 6.05. The molecule has 28 heavy (non-hydrogen) atoms. The lowest BCUT2D eigenvalue weighted by Crippen LogP contribution is -2.44. The van der Waals surface area contributed by atoms with Crippen molar-refractivity contribution in [2.45, 2.75) is 0 Å². The fourth-order valence-corrected chi connectivity index (χ4v) is 2.96. The van der Waals surface area contributed by atoms with Crippen molar-refractivity contribution in [2.24, 2.45) is 0 Å². The highest BCUT2D eigenvalue weighted by molar-refractivity contribution is 5.95. The lowest BCUT2D eigenvalue weighted by molar-refractivity contribution is -0.387. The van der Waals surface area contributed by atoms with E-state index in [1.165, 1.54) is 6.07 Å². The Morgan fingerprint density at radius 2 is 1.93 bits per heavy atom. The summed E-state index contributed by atoms with van der Waals surface area (Å²) < 4.78 is 18.9. The second-order valence-corrected chi connectivity index (χ2v) is 6.51. The Morgan fingerprint density at radius 3 is 2.61 bits per heavy atom. The van der Waals surface area contributed by atoms with Gasteiger partial charge in [0.05, 0.1) is 16.3 Å². The molecule has 0 aliphatic carbocycles. The first kappa shape index (κ1) is 19.6. The summed E-state index contributed by atoms with van der Waals surface area (Å²) in [4.78, 5) is 26.5. The third-order valence-electron chi connectivity index (χ3n) is 4.51. The molecule has 2 aromatic rings. The monoisotopic (exact) mass is 388 g/mol. The Bertz CT molecular complexity index is 869. The number of nitrogens with zero attached hydrogens (tertiary/aromatic N) is 3. The largest absolute Gasteiger partial charge is 0.484 e. The number of piperazine rings is 1. The van der Waals surface area contributed by atoms with Crippen molar-refractivity contribution in [3.63, 3.8) is 0 Å². The van der Waals surface area contributed by atoms with Crippen LogP contribution in [0.3, 0.4) is 0 Å². The molecule has 1 heterocycles. The van der Waals surface area contributed by atoms with Crippen LogP contribution >= 0.6 is 0 Å². The van der Waals surface area contributed by atoms with Crippen LogP contribution in [0.4, 0.5) is 21.5 Å². The van der Waals surface area contributed by atoms with Crippen LogP contribution in [-0.4, -0.2) is 55.6 Å². The van der Waals surface area contributed by atoms with E-state index >= 15 is 0 Å². The first-order valence-corrected chi connectivity index (χ1v) is 8.83. The van der Waals surface area contributed by atoms with Gasteiger partial charge in [0.2, 0.25) is 5.82 Å². The van der Waals surface area contributed by atoms with Crippen molar-refractivity contribution in [1.29, 1.82) is 0 Å². The molecule has 1 amide bonds. The molecular weight excluding hydrogens is 367 g/mol. The van der Waals surface area contributed by atoms with Crippen molar-refractivity contribution in [2.75, 3.05) is 50.1 Å². The highest BCUT2D eigenvalue weighted by Crippen LogP contribution is 2.27. The van der Waals surface area contributed by atoms with Gasteiger partial charge in [0, 0.05) is 38.3 Å². The summed E-state index contributed by atoms with van der Waals surface area (Å²) in [6.45, 7) is 3.27. The number of amides is 1. The lowest BCUT2D eigenvalue weighted by Gasteiger charge is -2.35. The van der Waals surface area contributed by atoms with E-state index in [0.29, 0.717) is 5.69 Å². The maximum atomic E-state index is 13.6. The highest BCUT2D eigenvalue weighted by Gasteiger charge is 2.18. The van der Waals surface area contributed by atoms with Gasteiger partial charge in [-0.25, -0.2) is 0 Å². The topological polar surface area (TPSA) is 88.0 Å². The summed E-state index contributed by atoms with van der Waals surface area (Å²) in [7, 11) is 2.07. The average Bonchev–Trinajstić information content (AvgIpc) is 2.67. The molecule has 0 atom stereocenters. The van der Waals surface area contributed by atoms with Crippen LogP contribution in [0.1, 0.15) is 0 Å². The van der Waals surface area contributed by atoms with Gasteiger partial charge < -0.3 is 19.9 Å². The van der Waals surface area contributed by atoms with Crippen molar-refractivity contribution in [1.82, 2.24) is 4.90 Å². The number of nitro groups is 1. The summed E-state index contributed by atoms with van der Waals surface area (Å²) in [5.74, 6) is -1.37. The standard InChI is InChI=1S/C19H21FN4O4/c1-22-8-10-23(11-9-22)18-5-3-2-4-16(18)21-19(25)13-28-14-6-7-17(24(26)27)15(20)12-14/h2-7,12H,8-11,13H2,1H3,(H,21,25). The number of anilines is 2. The summed E-state index contributed by atoms with van der Waals surface area (Å²) in [6.07, 6.45) is 0. The van der Waals surface area contributed by atoms with Gasteiger partial charge in [-0.2, -0.15) is 4.39 Å². The van der Waals surface area contributed by atoms with Gasteiger partial charge in [-0.3, -0.25) is 14.9 Å². The molecule has 0 radical (unpaired) electrons. The molecule has 0 saturated carbocycles. The van der Waals surface area contributed by atoms with E-state index in [2.05, 4.69) is 22.2 Å². The molecule has 0 unspecified atom stereocenters. The molecule has 1 fully saturated rings. The number of benzene rings is 2. The third-order valence-corrected chi connectivity index (χ3v) is 4.51. The van der Waals surface area contributed by atoms with Crippen molar-refractivity contribution in [3.05, 3.63) is 58.4 Å². The van der Waals surface area contributed by atoms with E-state index in [0.717, 1.165) is 44.0 Å². The molecule has 1 aliphatic rings. The Labute approximate surface area is 161 Å². The van der Waals surface area contributed by atoms with Crippen LogP contribution in [0.25, 0.3) is 0 Å². The van der Waals surface area contributed by atoms with Crippen LogP contribution in [0.15, 0.2) is 42.5 Å². The van der Waals surface area contributed by atoms with Crippen LogP contribution in [0.5, 0.6) is 5.75 Å². The summed E-state index contributed by atoms with van der Waals surface area (Å²) in [6, 6.07) is 10.7.